The Morgan fingerprint density at radius 3 is 2.06 bits per heavy atom. The first kappa shape index (κ1) is 17.3. The maximum Gasteiger partial charge on any atom is 0.147 e. The summed E-state index contributed by atoms with van der Waals surface area (Å²) in [6.45, 7) is 4.00. The second kappa shape index (κ2) is 10.2. The fourth-order valence-electron chi connectivity index (χ4n) is 1.65. The highest BCUT2D eigenvalue weighted by Gasteiger charge is 2.06. The second-order valence-corrected chi connectivity index (χ2v) is 4.62. The predicted octanol–water partition coefficient (Wildman–Crippen LogP) is 4.00. The van der Waals surface area contributed by atoms with Crippen LogP contribution < -0.4 is 11.5 Å². The number of nitrogen functional groups attached to an aromatic ring is 1. The van der Waals surface area contributed by atoms with Crippen LogP contribution in [0.5, 0.6) is 0 Å². The molecule has 0 aromatic heterocycles. The third-order valence-electron chi connectivity index (χ3n) is 2.63. The van der Waals surface area contributed by atoms with E-state index in [-0.39, 0.29) is 5.69 Å². The Kier molecular flexibility index (Phi) is 9.79. The Morgan fingerprint density at radius 2 is 1.72 bits per heavy atom. The molecule has 1 aromatic rings. The average molecular weight is 272 g/mol. The number of hydrogen-bond donors (Lipinski definition) is 3. The molecule has 0 saturated heterocycles. The quantitative estimate of drug-likeness (QED) is 0.494. The molecule has 1 aliphatic carbocycles. The summed E-state index contributed by atoms with van der Waals surface area (Å²) in [5.74, 6) is -0.414. The lowest BCUT2D eigenvalue weighted by molar-refractivity contribution is 0.441. The van der Waals surface area contributed by atoms with Crippen molar-refractivity contribution >= 4 is 18.3 Å². The Balaban J connectivity index is 0.000000289. The summed E-state index contributed by atoms with van der Waals surface area (Å²) in [6.07, 6.45) is 6.66. The number of halogens is 1. The summed E-state index contributed by atoms with van der Waals surface area (Å²) in [4.78, 5) is 0.585. The third-order valence-corrected chi connectivity index (χ3v) is 2.91. The van der Waals surface area contributed by atoms with E-state index in [1.54, 1.807) is 6.07 Å². The molecule has 1 saturated carbocycles. The minimum absolute atomic E-state index is 0.160. The first-order chi connectivity index (χ1) is 8.59. The standard InChI is InChI=1S/C6H6FNS.C6H13N.C2H6/c7-5-3-4(9)1-2-6(5)8;7-6-4-2-1-3-5-6;1-2/h1-3,9H,8H2;6H,1-5,7H2;1-2H3. The minimum atomic E-state index is -0.414. The Labute approximate surface area is 115 Å². The van der Waals surface area contributed by atoms with Crippen molar-refractivity contribution in [2.75, 3.05) is 5.73 Å². The van der Waals surface area contributed by atoms with Gasteiger partial charge in [0.05, 0.1) is 5.69 Å². The number of hydrogen-bond acceptors (Lipinski definition) is 3. The van der Waals surface area contributed by atoms with Crippen LogP contribution in [-0.4, -0.2) is 6.04 Å². The Bertz CT molecular complexity index is 326. The van der Waals surface area contributed by atoms with Gasteiger partial charge in [-0.3, -0.25) is 0 Å². The van der Waals surface area contributed by atoms with E-state index < -0.39 is 5.82 Å². The van der Waals surface area contributed by atoms with Gasteiger partial charge >= 0.3 is 0 Å². The van der Waals surface area contributed by atoms with Crippen molar-refractivity contribution in [1.29, 1.82) is 0 Å². The zero-order chi connectivity index (χ0) is 14.0. The topological polar surface area (TPSA) is 52.0 Å². The molecule has 0 heterocycles. The molecule has 4 N–H and O–H groups in total. The average Bonchev–Trinajstić information content (AvgIpc) is 2.38. The molecule has 4 heteroatoms. The van der Waals surface area contributed by atoms with Crippen LogP contribution >= 0.6 is 12.6 Å². The van der Waals surface area contributed by atoms with Crippen molar-refractivity contribution in [3.05, 3.63) is 24.0 Å². The van der Waals surface area contributed by atoms with Crippen LogP contribution in [-0.2, 0) is 0 Å². The molecule has 2 nitrogen and oxygen atoms in total. The minimum Gasteiger partial charge on any atom is -0.396 e. The van der Waals surface area contributed by atoms with Gasteiger partial charge in [0.15, 0.2) is 0 Å². The second-order valence-electron chi connectivity index (χ2n) is 4.10. The summed E-state index contributed by atoms with van der Waals surface area (Å²) >= 11 is 3.91. The van der Waals surface area contributed by atoms with Gasteiger partial charge in [-0.25, -0.2) is 4.39 Å². The highest BCUT2D eigenvalue weighted by atomic mass is 32.1. The summed E-state index contributed by atoms with van der Waals surface area (Å²) in [5, 5.41) is 0. The molecule has 0 amide bonds. The lowest BCUT2D eigenvalue weighted by atomic mass is 9.97. The predicted molar refractivity (Wildman–Crippen MR) is 80.5 cm³/mol. The first-order valence-corrected chi connectivity index (χ1v) is 7.04. The monoisotopic (exact) mass is 272 g/mol. The van der Waals surface area contributed by atoms with E-state index in [0.29, 0.717) is 10.9 Å². The maximum atomic E-state index is 12.4. The highest BCUT2D eigenvalue weighted by molar-refractivity contribution is 7.80. The van der Waals surface area contributed by atoms with E-state index in [1.807, 2.05) is 13.8 Å². The van der Waals surface area contributed by atoms with Crippen molar-refractivity contribution in [3.8, 4) is 0 Å². The van der Waals surface area contributed by atoms with Gasteiger partial charge in [0.25, 0.3) is 0 Å². The van der Waals surface area contributed by atoms with Gasteiger partial charge in [-0.15, -0.1) is 12.6 Å². The lowest BCUT2D eigenvalue weighted by Crippen LogP contribution is -2.22. The van der Waals surface area contributed by atoms with Crippen LogP contribution in [0.3, 0.4) is 0 Å². The zero-order valence-corrected chi connectivity index (χ0v) is 12.2. The molecule has 1 aliphatic rings. The van der Waals surface area contributed by atoms with Gasteiger partial charge in [-0.1, -0.05) is 33.1 Å². The van der Waals surface area contributed by atoms with Crippen molar-refractivity contribution < 1.29 is 4.39 Å². The van der Waals surface area contributed by atoms with E-state index in [0.717, 1.165) is 0 Å². The fraction of sp³-hybridized carbons (Fsp3) is 0.571. The SMILES string of the molecule is CC.NC1CCCCC1.Nc1ccc(S)cc1F. The molecule has 0 atom stereocenters. The van der Waals surface area contributed by atoms with Gasteiger partial charge in [-0.05, 0) is 31.0 Å². The van der Waals surface area contributed by atoms with Crippen LogP contribution in [0.2, 0.25) is 0 Å². The molecule has 2 rings (SSSR count). The fourth-order valence-corrected chi connectivity index (χ4v) is 1.84. The van der Waals surface area contributed by atoms with Crippen LogP contribution in [0.1, 0.15) is 46.0 Å². The number of thiol groups is 1. The molecular formula is C14H25FN2S. The number of benzene rings is 1. The molecule has 1 fully saturated rings. The smallest absolute Gasteiger partial charge is 0.147 e. The van der Waals surface area contributed by atoms with Crippen LogP contribution in [0.25, 0.3) is 0 Å². The first-order valence-electron chi connectivity index (χ1n) is 6.59. The molecule has 18 heavy (non-hydrogen) atoms. The van der Waals surface area contributed by atoms with Crippen LogP contribution in [0.4, 0.5) is 10.1 Å². The van der Waals surface area contributed by atoms with E-state index in [1.165, 1.54) is 44.2 Å². The van der Waals surface area contributed by atoms with Crippen molar-refractivity contribution in [2.45, 2.75) is 56.9 Å². The van der Waals surface area contributed by atoms with Crippen molar-refractivity contribution in [2.24, 2.45) is 5.73 Å². The maximum absolute atomic E-state index is 12.4. The van der Waals surface area contributed by atoms with E-state index >= 15 is 0 Å². The van der Waals surface area contributed by atoms with Gasteiger partial charge in [-0.2, -0.15) is 0 Å². The summed E-state index contributed by atoms with van der Waals surface area (Å²) < 4.78 is 12.4. The normalized spacial score (nSPS) is 14.9. The van der Waals surface area contributed by atoms with Gasteiger partial charge in [0.1, 0.15) is 5.82 Å². The largest absolute Gasteiger partial charge is 0.396 e. The third kappa shape index (κ3) is 7.56. The summed E-state index contributed by atoms with van der Waals surface area (Å²) in [7, 11) is 0. The molecular weight excluding hydrogens is 247 g/mol. The van der Waals surface area contributed by atoms with Crippen LogP contribution in [0, 0.1) is 5.82 Å². The highest BCUT2D eigenvalue weighted by Crippen LogP contribution is 2.15. The Hall–Kier alpha value is -0.740. The van der Waals surface area contributed by atoms with E-state index in [2.05, 4.69) is 12.6 Å². The zero-order valence-electron chi connectivity index (χ0n) is 11.3. The van der Waals surface area contributed by atoms with Crippen LogP contribution in [0.15, 0.2) is 23.1 Å². The van der Waals surface area contributed by atoms with Crippen molar-refractivity contribution in [1.82, 2.24) is 0 Å². The molecule has 0 spiro atoms. The van der Waals surface area contributed by atoms with Gasteiger partial charge in [0.2, 0.25) is 0 Å². The molecule has 0 unspecified atom stereocenters. The molecule has 0 bridgehead atoms. The summed E-state index contributed by atoms with van der Waals surface area (Å²) in [6, 6.07) is 4.94. The molecule has 1 aromatic carbocycles. The molecule has 104 valence electrons. The lowest BCUT2D eigenvalue weighted by Gasteiger charge is -2.15. The van der Waals surface area contributed by atoms with Gasteiger partial charge in [0, 0.05) is 10.9 Å². The molecule has 0 aliphatic heterocycles. The Morgan fingerprint density at radius 1 is 1.17 bits per heavy atom. The summed E-state index contributed by atoms with van der Waals surface area (Å²) in [5.41, 5.74) is 11.0. The number of nitrogens with two attached hydrogens (primary N) is 2. The number of rotatable bonds is 0. The number of anilines is 1. The van der Waals surface area contributed by atoms with E-state index in [9.17, 15) is 4.39 Å². The molecule has 0 radical (unpaired) electrons. The van der Waals surface area contributed by atoms with E-state index in [4.69, 9.17) is 11.5 Å². The van der Waals surface area contributed by atoms with Crippen molar-refractivity contribution in [3.63, 3.8) is 0 Å². The van der Waals surface area contributed by atoms with Gasteiger partial charge < -0.3 is 11.5 Å².